The number of rotatable bonds is 4. The summed E-state index contributed by atoms with van der Waals surface area (Å²) in [6.07, 6.45) is 4.92. The van der Waals surface area contributed by atoms with Crippen molar-refractivity contribution in [1.82, 2.24) is 10.2 Å². The second kappa shape index (κ2) is 4.12. The first kappa shape index (κ1) is 10.9. The fourth-order valence-electron chi connectivity index (χ4n) is 2.73. The fraction of sp³-hybridized carbons (Fsp3) is 0.917. The Labute approximate surface area is 92.2 Å². The van der Waals surface area contributed by atoms with Crippen molar-refractivity contribution in [2.75, 3.05) is 19.6 Å². The van der Waals surface area contributed by atoms with Crippen LogP contribution < -0.4 is 5.32 Å². The molecule has 1 heterocycles. The third kappa shape index (κ3) is 2.17. The molecule has 0 aromatic carbocycles. The van der Waals surface area contributed by atoms with Gasteiger partial charge in [-0.3, -0.25) is 4.79 Å². The lowest BCUT2D eigenvalue weighted by molar-refractivity contribution is -0.131. The van der Waals surface area contributed by atoms with E-state index in [-0.39, 0.29) is 6.04 Å². The minimum Gasteiger partial charge on any atom is -0.341 e. The van der Waals surface area contributed by atoms with Crippen LogP contribution >= 0.6 is 0 Å². The molecule has 1 amide bonds. The maximum Gasteiger partial charge on any atom is 0.239 e. The summed E-state index contributed by atoms with van der Waals surface area (Å²) in [5, 5.41) is 3.25. The van der Waals surface area contributed by atoms with E-state index in [9.17, 15) is 4.79 Å². The monoisotopic (exact) mass is 210 g/mol. The average molecular weight is 210 g/mol. The normalized spacial score (nSPS) is 29.3. The molecule has 0 aromatic rings. The van der Waals surface area contributed by atoms with E-state index in [1.807, 2.05) is 0 Å². The van der Waals surface area contributed by atoms with Gasteiger partial charge in [-0.2, -0.15) is 0 Å². The lowest BCUT2D eigenvalue weighted by Gasteiger charge is -2.41. The minimum atomic E-state index is 0.0960. The molecule has 2 fully saturated rings. The van der Waals surface area contributed by atoms with Crippen LogP contribution in [0.3, 0.4) is 0 Å². The Hall–Kier alpha value is -0.570. The fourth-order valence-corrected chi connectivity index (χ4v) is 2.73. The first-order chi connectivity index (χ1) is 7.14. The van der Waals surface area contributed by atoms with Crippen molar-refractivity contribution in [2.24, 2.45) is 5.41 Å². The number of carbonyl (C=O) groups is 1. The maximum atomic E-state index is 12.0. The van der Waals surface area contributed by atoms with Crippen LogP contribution in [-0.4, -0.2) is 36.5 Å². The predicted molar refractivity (Wildman–Crippen MR) is 60.6 cm³/mol. The Morgan fingerprint density at radius 2 is 2.27 bits per heavy atom. The molecule has 1 saturated carbocycles. The van der Waals surface area contributed by atoms with E-state index in [1.165, 1.54) is 19.3 Å². The van der Waals surface area contributed by atoms with Gasteiger partial charge >= 0.3 is 0 Å². The molecule has 3 heteroatoms. The van der Waals surface area contributed by atoms with Gasteiger partial charge in [0.2, 0.25) is 5.91 Å². The minimum absolute atomic E-state index is 0.0960. The average Bonchev–Trinajstić information content (AvgIpc) is 2.48. The Morgan fingerprint density at radius 3 is 2.80 bits per heavy atom. The molecule has 1 aliphatic heterocycles. The number of likely N-dealkylation sites (N-methyl/N-ethyl adjacent to an activating group) is 1. The molecule has 0 radical (unpaired) electrons. The highest BCUT2D eigenvalue weighted by Gasteiger charge is 2.38. The van der Waals surface area contributed by atoms with Crippen molar-refractivity contribution in [1.29, 1.82) is 0 Å². The number of nitrogens with one attached hydrogen (secondary N) is 1. The lowest BCUT2D eigenvalue weighted by Crippen LogP contribution is -2.44. The molecule has 1 saturated heterocycles. The Morgan fingerprint density at radius 1 is 1.53 bits per heavy atom. The molecule has 0 spiro atoms. The third-order valence-electron chi connectivity index (χ3n) is 3.88. The van der Waals surface area contributed by atoms with Gasteiger partial charge in [-0.05, 0) is 31.2 Å². The topological polar surface area (TPSA) is 32.3 Å². The van der Waals surface area contributed by atoms with E-state index in [0.717, 1.165) is 26.1 Å². The van der Waals surface area contributed by atoms with Gasteiger partial charge < -0.3 is 10.2 Å². The van der Waals surface area contributed by atoms with Crippen molar-refractivity contribution in [3.05, 3.63) is 0 Å². The molecule has 0 aromatic heterocycles. The van der Waals surface area contributed by atoms with E-state index in [0.29, 0.717) is 11.3 Å². The zero-order valence-electron chi connectivity index (χ0n) is 9.88. The van der Waals surface area contributed by atoms with Gasteiger partial charge in [-0.1, -0.05) is 20.3 Å². The van der Waals surface area contributed by atoms with Crippen LogP contribution in [0.2, 0.25) is 0 Å². The van der Waals surface area contributed by atoms with Gasteiger partial charge in [0.1, 0.15) is 0 Å². The number of hydrogen-bond donors (Lipinski definition) is 1. The summed E-state index contributed by atoms with van der Waals surface area (Å²) < 4.78 is 0. The number of nitrogens with zero attached hydrogens (tertiary/aromatic N) is 1. The molecular weight excluding hydrogens is 188 g/mol. The third-order valence-corrected chi connectivity index (χ3v) is 3.88. The lowest BCUT2D eigenvalue weighted by atomic mass is 9.70. The van der Waals surface area contributed by atoms with Crippen molar-refractivity contribution in [2.45, 2.75) is 45.6 Å². The molecule has 1 N–H and O–H groups in total. The summed E-state index contributed by atoms with van der Waals surface area (Å²) in [5.74, 6) is 0.324. The number of amides is 1. The zero-order valence-corrected chi connectivity index (χ0v) is 9.88. The molecule has 0 bridgehead atoms. The zero-order chi connectivity index (χ0) is 10.9. The summed E-state index contributed by atoms with van der Waals surface area (Å²) in [6.45, 7) is 7.19. The SMILES string of the molecule is CCNC1CCN(CC2(C)CCC2)C1=O. The van der Waals surface area contributed by atoms with Crippen LogP contribution in [0.1, 0.15) is 39.5 Å². The van der Waals surface area contributed by atoms with Gasteiger partial charge in [0, 0.05) is 13.1 Å². The van der Waals surface area contributed by atoms with Crippen LogP contribution in [-0.2, 0) is 4.79 Å². The van der Waals surface area contributed by atoms with Gasteiger partial charge in [0.25, 0.3) is 0 Å². The number of hydrogen-bond acceptors (Lipinski definition) is 2. The first-order valence-corrected chi connectivity index (χ1v) is 6.17. The summed E-state index contributed by atoms with van der Waals surface area (Å²) in [4.78, 5) is 14.0. The largest absolute Gasteiger partial charge is 0.341 e. The smallest absolute Gasteiger partial charge is 0.239 e. The quantitative estimate of drug-likeness (QED) is 0.760. The van der Waals surface area contributed by atoms with E-state index < -0.39 is 0 Å². The highest BCUT2D eigenvalue weighted by Crippen LogP contribution is 2.41. The molecule has 3 nitrogen and oxygen atoms in total. The summed E-state index contributed by atoms with van der Waals surface area (Å²) in [5.41, 5.74) is 0.427. The highest BCUT2D eigenvalue weighted by molar-refractivity contribution is 5.84. The molecule has 1 aliphatic carbocycles. The summed E-state index contributed by atoms with van der Waals surface area (Å²) in [7, 11) is 0. The van der Waals surface area contributed by atoms with Crippen LogP contribution in [0, 0.1) is 5.41 Å². The molecule has 2 aliphatic rings. The maximum absolute atomic E-state index is 12.0. The number of likely N-dealkylation sites (tertiary alicyclic amines) is 1. The molecule has 15 heavy (non-hydrogen) atoms. The molecule has 2 rings (SSSR count). The van der Waals surface area contributed by atoms with Crippen LogP contribution in [0.25, 0.3) is 0 Å². The van der Waals surface area contributed by atoms with Crippen molar-refractivity contribution < 1.29 is 4.79 Å². The molecular formula is C12H22N2O. The summed E-state index contributed by atoms with van der Waals surface area (Å²) in [6, 6.07) is 0.0960. The van der Waals surface area contributed by atoms with Crippen molar-refractivity contribution >= 4 is 5.91 Å². The molecule has 86 valence electrons. The van der Waals surface area contributed by atoms with Crippen molar-refractivity contribution in [3.63, 3.8) is 0 Å². The van der Waals surface area contributed by atoms with Gasteiger partial charge in [-0.15, -0.1) is 0 Å². The molecule has 1 atom stereocenters. The predicted octanol–water partition coefficient (Wildman–Crippen LogP) is 1.39. The van der Waals surface area contributed by atoms with Crippen LogP contribution in [0.4, 0.5) is 0 Å². The van der Waals surface area contributed by atoms with Gasteiger partial charge in [-0.25, -0.2) is 0 Å². The molecule has 1 unspecified atom stereocenters. The van der Waals surface area contributed by atoms with E-state index in [2.05, 4.69) is 24.1 Å². The Balaban J connectivity index is 1.86. The Kier molecular flexibility index (Phi) is 3.01. The summed E-state index contributed by atoms with van der Waals surface area (Å²) >= 11 is 0. The van der Waals surface area contributed by atoms with E-state index in [4.69, 9.17) is 0 Å². The van der Waals surface area contributed by atoms with Crippen LogP contribution in [0.5, 0.6) is 0 Å². The number of carbonyl (C=O) groups excluding carboxylic acids is 1. The van der Waals surface area contributed by atoms with E-state index >= 15 is 0 Å². The Bertz CT molecular complexity index is 248. The van der Waals surface area contributed by atoms with Crippen molar-refractivity contribution in [3.8, 4) is 0 Å². The first-order valence-electron chi connectivity index (χ1n) is 6.17. The highest BCUT2D eigenvalue weighted by atomic mass is 16.2. The van der Waals surface area contributed by atoms with Gasteiger partial charge in [0.05, 0.1) is 6.04 Å². The standard InChI is InChI=1S/C12H22N2O/c1-3-13-10-5-8-14(11(10)15)9-12(2)6-4-7-12/h10,13H,3-9H2,1-2H3. The van der Waals surface area contributed by atoms with Gasteiger partial charge in [0.15, 0.2) is 0 Å². The second-order valence-corrected chi connectivity index (χ2v) is 5.32. The van der Waals surface area contributed by atoms with Crippen LogP contribution in [0.15, 0.2) is 0 Å². The second-order valence-electron chi connectivity index (χ2n) is 5.32. The van der Waals surface area contributed by atoms with E-state index in [1.54, 1.807) is 0 Å².